The Kier molecular flexibility index (Phi) is 8.63. The number of benzene rings is 1. The summed E-state index contributed by atoms with van der Waals surface area (Å²) in [6.45, 7) is 0. The van der Waals surface area contributed by atoms with Crippen molar-refractivity contribution in [1.82, 2.24) is 18.5 Å². The van der Waals surface area contributed by atoms with Gasteiger partial charge in [-0.05, 0) is 6.07 Å². The van der Waals surface area contributed by atoms with Gasteiger partial charge in [0.2, 0.25) is 0 Å². The van der Waals surface area contributed by atoms with E-state index in [1.807, 2.05) is 0 Å². The van der Waals surface area contributed by atoms with Crippen LogP contribution in [0, 0.1) is 0 Å². The predicted molar refractivity (Wildman–Crippen MR) is 61.0 cm³/mol. The number of aromatic carboxylic acids is 2. The molecule has 0 atom stereocenters. The minimum absolute atomic E-state index is 0. The van der Waals surface area contributed by atoms with Gasteiger partial charge in [0.25, 0.3) is 0 Å². The van der Waals surface area contributed by atoms with E-state index in [1.54, 1.807) is 0 Å². The van der Waals surface area contributed by atoms with Gasteiger partial charge in [0.1, 0.15) is 10.1 Å². The first-order valence-electron chi connectivity index (χ1n) is 3.76. The number of carboxylic acid groups (broad SMARTS) is 2. The summed E-state index contributed by atoms with van der Waals surface area (Å²) in [5, 5.41) is 21.1. The van der Waals surface area contributed by atoms with Gasteiger partial charge in [-0.15, -0.1) is 0 Å². The van der Waals surface area contributed by atoms with Gasteiger partial charge in [-0.2, -0.15) is 0 Å². The van der Waals surface area contributed by atoms with Crippen LogP contribution in [-0.4, -0.2) is 24.9 Å². The molecule has 0 aliphatic rings. The van der Waals surface area contributed by atoms with Crippen molar-refractivity contribution in [1.29, 1.82) is 0 Å². The molecule has 110 valence electrons. The lowest BCUT2D eigenvalue weighted by molar-refractivity contribution is -0.260. The van der Waals surface area contributed by atoms with E-state index in [1.165, 1.54) is 0 Å². The molecule has 0 aliphatic heterocycles. The van der Waals surface area contributed by atoms with Gasteiger partial charge >= 0.3 is 0 Å². The number of carboxylic acids is 2. The molecule has 0 saturated carbocycles. The Labute approximate surface area is 108 Å². The molecule has 1 aromatic carbocycles. The number of hydrogen-bond donors (Lipinski definition) is 3. The maximum atomic E-state index is 10.7. The monoisotopic (exact) mass is 297 g/mol. The first-order valence-corrected chi connectivity index (χ1v) is 5.17. The van der Waals surface area contributed by atoms with Crippen LogP contribution in [0.4, 0.5) is 0 Å². The SMILES string of the molecule is O=C([O-])c1cccc(S(=O)(=O)[O-])c1C(=O)[O-].[NH4+].[NH4+].[NH4+]. The summed E-state index contributed by atoms with van der Waals surface area (Å²) in [5.74, 6) is -3.99. The summed E-state index contributed by atoms with van der Waals surface area (Å²) in [5.41, 5.74) is -2.12. The van der Waals surface area contributed by atoms with Crippen LogP contribution in [0.25, 0.3) is 0 Å². The second-order valence-corrected chi connectivity index (χ2v) is 4.06. The van der Waals surface area contributed by atoms with E-state index in [0.717, 1.165) is 12.1 Å². The zero-order chi connectivity index (χ0) is 12.5. The van der Waals surface area contributed by atoms with Gasteiger partial charge in [-0.3, -0.25) is 0 Å². The second-order valence-electron chi connectivity index (χ2n) is 2.71. The van der Waals surface area contributed by atoms with E-state index in [4.69, 9.17) is 0 Å². The largest absolute Gasteiger partial charge is 0.744 e. The fraction of sp³-hybridized carbons (Fsp3) is 0. The highest BCUT2D eigenvalue weighted by atomic mass is 32.2. The molecular weight excluding hydrogens is 282 g/mol. The number of rotatable bonds is 3. The van der Waals surface area contributed by atoms with Crippen LogP contribution < -0.4 is 28.7 Å². The molecule has 10 nitrogen and oxygen atoms in total. The summed E-state index contributed by atoms with van der Waals surface area (Å²) in [4.78, 5) is 19.9. The molecule has 11 heteroatoms. The lowest BCUT2D eigenvalue weighted by Crippen LogP contribution is -2.31. The van der Waals surface area contributed by atoms with Crippen molar-refractivity contribution in [3.8, 4) is 0 Å². The fourth-order valence-electron chi connectivity index (χ4n) is 1.12. The van der Waals surface area contributed by atoms with Crippen molar-refractivity contribution in [3.63, 3.8) is 0 Å². The van der Waals surface area contributed by atoms with Crippen molar-refractivity contribution in [3.05, 3.63) is 29.3 Å². The van der Waals surface area contributed by atoms with Crippen LogP contribution in [0.1, 0.15) is 20.7 Å². The Balaban J connectivity index is -0.000000853. The van der Waals surface area contributed by atoms with Gasteiger partial charge in [0.05, 0.1) is 16.8 Å². The Morgan fingerprint density at radius 3 is 1.74 bits per heavy atom. The Morgan fingerprint density at radius 1 is 0.947 bits per heavy atom. The van der Waals surface area contributed by atoms with Crippen molar-refractivity contribution >= 4 is 22.1 Å². The third kappa shape index (κ3) is 4.61. The summed E-state index contributed by atoms with van der Waals surface area (Å²) in [7, 11) is -5.10. The molecule has 0 aliphatic carbocycles. The average Bonchev–Trinajstić information content (AvgIpc) is 2.14. The standard InChI is InChI=1S/C8H6O7S.3H3N/c9-7(10)4-2-1-3-5(16(13,14)15)6(4)8(11)12;;;/h1-3H,(H,9,10)(H,11,12)(H,13,14,15);3*1H3. The van der Waals surface area contributed by atoms with Gasteiger partial charge in [-0.1, -0.05) is 12.1 Å². The van der Waals surface area contributed by atoms with Gasteiger partial charge in [0.15, 0.2) is 0 Å². The quantitative estimate of drug-likeness (QED) is 0.552. The summed E-state index contributed by atoms with van der Waals surface area (Å²) >= 11 is 0. The maximum absolute atomic E-state index is 10.7. The summed E-state index contributed by atoms with van der Waals surface area (Å²) in [6.07, 6.45) is 0. The van der Waals surface area contributed by atoms with E-state index in [9.17, 15) is 32.8 Å². The van der Waals surface area contributed by atoms with Crippen molar-refractivity contribution in [2.75, 3.05) is 0 Å². The molecule has 1 rings (SSSR count). The molecular formula is C8H15N3O7S. The topological polar surface area (TPSA) is 247 Å². The molecule has 0 heterocycles. The normalized spacial score (nSPS) is 9.32. The molecule has 0 unspecified atom stereocenters. The summed E-state index contributed by atoms with van der Waals surface area (Å²) < 4.78 is 32.0. The van der Waals surface area contributed by atoms with E-state index < -0.39 is 38.1 Å². The van der Waals surface area contributed by atoms with E-state index in [-0.39, 0.29) is 18.5 Å². The smallest absolute Gasteiger partial charge is 0.125 e. The molecule has 12 N–H and O–H groups in total. The average molecular weight is 297 g/mol. The minimum Gasteiger partial charge on any atom is -0.744 e. The molecule has 0 fully saturated rings. The number of hydrogen-bond acceptors (Lipinski definition) is 7. The molecule has 0 bridgehead atoms. The molecule has 0 radical (unpaired) electrons. The van der Waals surface area contributed by atoms with Crippen LogP contribution >= 0.6 is 0 Å². The van der Waals surface area contributed by atoms with Crippen LogP contribution in [0.5, 0.6) is 0 Å². The number of carbonyl (C=O) groups excluding carboxylic acids is 2. The highest BCUT2D eigenvalue weighted by molar-refractivity contribution is 7.85. The van der Waals surface area contributed by atoms with Gasteiger partial charge < -0.3 is 42.8 Å². The van der Waals surface area contributed by atoms with E-state index >= 15 is 0 Å². The van der Waals surface area contributed by atoms with E-state index in [0.29, 0.717) is 6.07 Å². The molecule has 1 aromatic rings. The molecule has 0 spiro atoms. The Bertz CT molecular complexity index is 570. The lowest BCUT2D eigenvalue weighted by Gasteiger charge is -2.17. The Morgan fingerprint density at radius 2 is 1.42 bits per heavy atom. The number of carbonyl (C=O) groups is 2. The zero-order valence-corrected chi connectivity index (χ0v) is 11.3. The van der Waals surface area contributed by atoms with Crippen LogP contribution in [0.2, 0.25) is 0 Å². The second kappa shape index (κ2) is 7.40. The van der Waals surface area contributed by atoms with E-state index in [2.05, 4.69) is 0 Å². The van der Waals surface area contributed by atoms with Crippen molar-refractivity contribution in [2.24, 2.45) is 0 Å². The molecule has 19 heavy (non-hydrogen) atoms. The Hall–Kier alpha value is -2.05. The fourth-order valence-corrected chi connectivity index (χ4v) is 1.81. The minimum atomic E-state index is -5.10. The van der Waals surface area contributed by atoms with Crippen LogP contribution in [0.15, 0.2) is 23.1 Å². The highest BCUT2D eigenvalue weighted by Crippen LogP contribution is 2.18. The van der Waals surface area contributed by atoms with Gasteiger partial charge in [0, 0.05) is 11.1 Å². The number of quaternary nitrogens is 3. The molecule has 0 amide bonds. The molecule has 0 aromatic heterocycles. The summed E-state index contributed by atoms with van der Waals surface area (Å²) in [6, 6.07) is 2.40. The van der Waals surface area contributed by atoms with Crippen LogP contribution in [0.3, 0.4) is 0 Å². The predicted octanol–water partition coefficient (Wildman–Crippen LogP) is -1.55. The zero-order valence-electron chi connectivity index (χ0n) is 10.5. The maximum Gasteiger partial charge on any atom is 0.125 e. The van der Waals surface area contributed by atoms with Crippen LogP contribution in [-0.2, 0) is 10.1 Å². The first-order chi connectivity index (χ1) is 7.25. The first kappa shape index (κ1) is 22.2. The van der Waals surface area contributed by atoms with Gasteiger partial charge in [-0.25, -0.2) is 8.42 Å². The molecule has 0 saturated heterocycles. The van der Waals surface area contributed by atoms with Crippen molar-refractivity contribution in [2.45, 2.75) is 4.90 Å². The highest BCUT2D eigenvalue weighted by Gasteiger charge is 2.14. The van der Waals surface area contributed by atoms with Crippen molar-refractivity contribution < 1.29 is 32.8 Å². The lowest BCUT2D eigenvalue weighted by atomic mass is 10.1. The third-order valence-corrected chi connectivity index (χ3v) is 2.60. The third-order valence-electron chi connectivity index (χ3n) is 1.72.